The second-order valence-corrected chi connectivity index (χ2v) is 6.56. The van der Waals surface area contributed by atoms with Gasteiger partial charge in [-0.3, -0.25) is 19.4 Å². The molecular weight excluding hydrogens is 280 g/mol. The number of rotatable bonds is 2. The average molecular weight is 301 g/mol. The Bertz CT molecular complexity index is 609. The summed E-state index contributed by atoms with van der Waals surface area (Å²) in [6, 6.07) is 7.53. The molecule has 0 radical (unpaired) electrons. The fourth-order valence-corrected chi connectivity index (χ4v) is 3.80. The third kappa shape index (κ3) is 2.28. The fourth-order valence-electron chi connectivity index (χ4n) is 3.80. The topological polar surface area (TPSA) is 52.7 Å². The van der Waals surface area contributed by atoms with E-state index in [0.717, 1.165) is 55.1 Å². The van der Waals surface area contributed by atoms with Crippen LogP contribution in [0.2, 0.25) is 0 Å². The number of fused-ring (bicyclic) bond motifs is 4. The average Bonchev–Trinajstić information content (AvgIpc) is 2.55. The Labute approximate surface area is 129 Å². The van der Waals surface area contributed by atoms with Crippen LogP contribution in [0, 0.1) is 0 Å². The van der Waals surface area contributed by atoms with Crippen molar-refractivity contribution >= 4 is 23.2 Å². The van der Waals surface area contributed by atoms with E-state index in [1.165, 1.54) is 0 Å². The van der Waals surface area contributed by atoms with Crippen molar-refractivity contribution in [1.82, 2.24) is 4.90 Å². The summed E-state index contributed by atoms with van der Waals surface area (Å²) in [5.74, 6) is -0.0480. The van der Waals surface area contributed by atoms with Gasteiger partial charge >= 0.3 is 0 Å². The second-order valence-electron chi connectivity index (χ2n) is 6.56. The monoisotopic (exact) mass is 301 g/mol. The zero-order valence-corrected chi connectivity index (χ0v) is 12.6. The number of hydrogen-bond acceptors (Lipinski definition) is 3. The zero-order chi connectivity index (χ0) is 15.2. The van der Waals surface area contributed by atoms with Crippen molar-refractivity contribution in [2.45, 2.75) is 0 Å². The molecule has 3 saturated heterocycles. The Morgan fingerprint density at radius 2 is 1.82 bits per heavy atom. The van der Waals surface area contributed by atoms with E-state index < -0.39 is 0 Å². The molecule has 3 fully saturated rings. The van der Waals surface area contributed by atoms with Gasteiger partial charge in [-0.25, -0.2) is 0 Å². The number of para-hydroxylation sites is 2. The quantitative estimate of drug-likeness (QED) is 0.789. The second kappa shape index (κ2) is 5.07. The lowest BCUT2D eigenvalue weighted by Gasteiger charge is -2.50. The Balaban J connectivity index is 1.56. The molecule has 4 aliphatic heterocycles. The first-order valence-corrected chi connectivity index (χ1v) is 7.92. The first-order chi connectivity index (χ1) is 10.7. The van der Waals surface area contributed by atoms with Crippen molar-refractivity contribution in [3.63, 3.8) is 0 Å². The number of nitrogens with zero attached hydrogens (tertiary/aromatic N) is 3. The van der Waals surface area contributed by atoms with E-state index in [-0.39, 0.29) is 18.4 Å². The Hall–Kier alpha value is -1.92. The molecule has 1 aromatic carbocycles. The van der Waals surface area contributed by atoms with Crippen molar-refractivity contribution in [2.24, 2.45) is 0 Å². The molecule has 0 aliphatic carbocycles. The lowest BCUT2D eigenvalue weighted by Crippen LogP contribution is -2.69. The summed E-state index contributed by atoms with van der Waals surface area (Å²) >= 11 is 0. The van der Waals surface area contributed by atoms with Crippen LogP contribution in [0.4, 0.5) is 11.4 Å². The molecule has 4 aliphatic rings. The van der Waals surface area contributed by atoms with Crippen molar-refractivity contribution < 1.29 is 14.1 Å². The normalized spacial score (nSPS) is 29.9. The molecule has 2 amide bonds. The molecule has 0 unspecified atom stereocenters. The lowest BCUT2D eigenvalue weighted by atomic mass is 10.1. The molecule has 0 aromatic heterocycles. The molecule has 0 atom stereocenters. The zero-order valence-electron chi connectivity index (χ0n) is 12.6. The molecule has 4 heterocycles. The van der Waals surface area contributed by atoms with Crippen molar-refractivity contribution in [1.29, 1.82) is 0 Å². The van der Waals surface area contributed by atoms with Gasteiger partial charge in [-0.15, -0.1) is 0 Å². The molecule has 0 spiro atoms. The van der Waals surface area contributed by atoms with Crippen LogP contribution in [0.15, 0.2) is 24.3 Å². The minimum atomic E-state index is -0.115. The highest BCUT2D eigenvalue weighted by Crippen LogP contribution is 2.30. The van der Waals surface area contributed by atoms with Crippen LogP contribution in [-0.4, -0.2) is 73.6 Å². The number of quaternary nitrogens is 1. The Morgan fingerprint density at radius 1 is 1.14 bits per heavy atom. The van der Waals surface area contributed by atoms with E-state index >= 15 is 0 Å². The number of amides is 2. The summed E-state index contributed by atoms with van der Waals surface area (Å²) < 4.78 is 0.885. The van der Waals surface area contributed by atoms with Gasteiger partial charge in [0.05, 0.1) is 31.0 Å². The summed E-state index contributed by atoms with van der Waals surface area (Å²) in [5, 5.41) is 2.84. The van der Waals surface area contributed by atoms with E-state index in [1.54, 1.807) is 4.90 Å². The largest absolute Gasteiger partial charge is 0.323 e. The van der Waals surface area contributed by atoms with Crippen molar-refractivity contribution in [3.05, 3.63) is 24.3 Å². The van der Waals surface area contributed by atoms with Crippen LogP contribution in [0.5, 0.6) is 0 Å². The van der Waals surface area contributed by atoms with Gasteiger partial charge in [0.2, 0.25) is 5.91 Å². The molecule has 6 heteroatoms. The van der Waals surface area contributed by atoms with E-state index in [2.05, 4.69) is 10.2 Å². The first kappa shape index (κ1) is 13.7. The Morgan fingerprint density at radius 3 is 2.55 bits per heavy atom. The van der Waals surface area contributed by atoms with Gasteiger partial charge in [0.15, 0.2) is 6.54 Å². The van der Waals surface area contributed by atoms with Gasteiger partial charge in [-0.2, -0.15) is 0 Å². The number of benzene rings is 1. The highest BCUT2D eigenvalue weighted by atomic mass is 16.2. The maximum atomic E-state index is 12.9. The number of carbonyl (C=O) groups is 2. The minimum Gasteiger partial charge on any atom is -0.323 e. The van der Waals surface area contributed by atoms with Crippen molar-refractivity contribution in [3.8, 4) is 0 Å². The third-order valence-electron chi connectivity index (χ3n) is 5.21. The number of anilines is 2. The molecule has 22 heavy (non-hydrogen) atoms. The summed E-state index contributed by atoms with van der Waals surface area (Å²) in [5.41, 5.74) is 1.55. The van der Waals surface area contributed by atoms with Crippen LogP contribution in [0.1, 0.15) is 0 Å². The molecule has 6 nitrogen and oxygen atoms in total. The molecule has 5 rings (SSSR count). The lowest BCUT2D eigenvalue weighted by molar-refractivity contribution is -0.933. The van der Waals surface area contributed by atoms with Gasteiger partial charge < -0.3 is 9.80 Å². The highest BCUT2D eigenvalue weighted by molar-refractivity contribution is 6.10. The van der Waals surface area contributed by atoms with E-state index in [1.807, 2.05) is 24.3 Å². The molecule has 116 valence electrons. The van der Waals surface area contributed by atoms with E-state index in [9.17, 15) is 9.59 Å². The standard InChI is InChI=1S/C16H20N4O2/c21-15-11-19(14-4-2-1-3-13(14)17-15)16(22)12-20-8-5-18(6-9-20)7-10-20/h1-4H,5-12H2/p+1. The van der Waals surface area contributed by atoms with E-state index in [0.29, 0.717) is 6.54 Å². The molecule has 1 N–H and O–H groups in total. The molecular formula is C16H21N4O2+. The molecule has 0 saturated carbocycles. The van der Waals surface area contributed by atoms with Gasteiger partial charge in [-0.05, 0) is 12.1 Å². The fraction of sp³-hybridized carbons (Fsp3) is 0.500. The van der Waals surface area contributed by atoms with Crippen LogP contribution in [-0.2, 0) is 9.59 Å². The van der Waals surface area contributed by atoms with Crippen LogP contribution < -0.4 is 10.2 Å². The summed E-state index contributed by atoms with van der Waals surface area (Å²) in [7, 11) is 0. The van der Waals surface area contributed by atoms with Gasteiger partial charge in [-0.1, -0.05) is 12.1 Å². The van der Waals surface area contributed by atoms with E-state index in [4.69, 9.17) is 0 Å². The summed E-state index contributed by atoms with van der Waals surface area (Å²) in [6.07, 6.45) is 0. The third-order valence-corrected chi connectivity index (χ3v) is 5.21. The van der Waals surface area contributed by atoms with Gasteiger partial charge in [0, 0.05) is 19.6 Å². The van der Waals surface area contributed by atoms with Crippen LogP contribution in [0.25, 0.3) is 0 Å². The SMILES string of the molecule is O=C1CN(C(=O)C[N+]23CCN(CC2)CC3)c2ccccc2N1. The van der Waals surface area contributed by atoms with Crippen LogP contribution in [0.3, 0.4) is 0 Å². The number of hydrogen-bond donors (Lipinski definition) is 1. The maximum Gasteiger partial charge on any atom is 0.282 e. The molecule has 2 bridgehead atoms. The first-order valence-electron chi connectivity index (χ1n) is 7.92. The maximum absolute atomic E-state index is 12.9. The summed E-state index contributed by atoms with van der Waals surface area (Å²) in [6.45, 7) is 7.05. The van der Waals surface area contributed by atoms with Crippen LogP contribution >= 0.6 is 0 Å². The summed E-state index contributed by atoms with van der Waals surface area (Å²) in [4.78, 5) is 28.9. The van der Waals surface area contributed by atoms with Gasteiger partial charge in [0.1, 0.15) is 6.54 Å². The van der Waals surface area contributed by atoms with Crippen molar-refractivity contribution in [2.75, 3.05) is 62.6 Å². The van der Waals surface area contributed by atoms with Gasteiger partial charge in [0.25, 0.3) is 5.91 Å². The number of nitrogens with one attached hydrogen (secondary N) is 1. The Kier molecular flexibility index (Phi) is 3.16. The highest BCUT2D eigenvalue weighted by Gasteiger charge is 2.41. The number of piperazine rings is 3. The molecule has 1 aromatic rings. The number of carbonyl (C=O) groups excluding carboxylic acids is 2. The predicted octanol–water partition coefficient (Wildman–Crippen LogP) is 0.118. The predicted molar refractivity (Wildman–Crippen MR) is 83.6 cm³/mol. The minimum absolute atomic E-state index is 0.0673. The smallest absolute Gasteiger partial charge is 0.282 e.